The Labute approximate surface area is 157 Å². The van der Waals surface area contributed by atoms with Crippen molar-refractivity contribution in [1.29, 1.82) is 0 Å². The molecule has 0 saturated heterocycles. The van der Waals surface area contributed by atoms with Gasteiger partial charge in [0.1, 0.15) is 11.4 Å². The van der Waals surface area contributed by atoms with Gasteiger partial charge in [0.2, 0.25) is 0 Å². The van der Waals surface area contributed by atoms with E-state index < -0.39 is 15.0 Å². The van der Waals surface area contributed by atoms with Crippen molar-refractivity contribution in [2.45, 2.75) is 11.8 Å². The molecule has 0 bridgehead atoms. The normalized spacial score (nSPS) is 11.8. The van der Waals surface area contributed by atoms with Gasteiger partial charge in [-0.25, -0.2) is 0 Å². The van der Waals surface area contributed by atoms with Crippen molar-refractivity contribution in [2.75, 3.05) is 7.05 Å². The third-order valence-electron chi connectivity index (χ3n) is 2.85. The van der Waals surface area contributed by atoms with E-state index >= 15 is 0 Å². The average molecular weight is 521 g/mol. The van der Waals surface area contributed by atoms with Gasteiger partial charge < -0.3 is 10.8 Å². The second-order valence-electron chi connectivity index (χ2n) is 4.23. The van der Waals surface area contributed by atoms with Crippen molar-refractivity contribution < 1.29 is 62.1 Å². The summed E-state index contributed by atoms with van der Waals surface area (Å²) < 4.78 is 31.3. The van der Waals surface area contributed by atoms with E-state index in [4.69, 9.17) is 10.3 Å². The zero-order valence-electron chi connectivity index (χ0n) is 11.3. The maximum atomic E-state index is 11.1. The Kier molecular flexibility index (Phi) is 5.72. The number of nitrogens with one attached hydrogen (secondary N) is 1. The number of phenols is 1. The van der Waals surface area contributed by atoms with E-state index in [1.165, 1.54) is 13.1 Å². The van der Waals surface area contributed by atoms with Crippen LogP contribution in [0.3, 0.4) is 0 Å². The van der Waals surface area contributed by atoms with Gasteiger partial charge in [-0.3, -0.25) is 4.55 Å². The number of azo groups is 1. The first kappa shape index (κ1) is 18.3. The van der Waals surface area contributed by atoms with Crippen LogP contribution in [0.2, 0.25) is 0 Å². The van der Waals surface area contributed by atoms with Crippen molar-refractivity contribution in [3.05, 3.63) is 29.5 Å². The van der Waals surface area contributed by atoms with Gasteiger partial charge in [-0.2, -0.15) is 18.6 Å². The maximum Gasteiger partial charge on any atom is 0.294 e. The van der Waals surface area contributed by atoms with Gasteiger partial charge in [-0.1, -0.05) is 6.07 Å². The molecule has 2 aromatic rings. The molecule has 0 aliphatic carbocycles. The molecule has 0 amide bonds. The van der Waals surface area contributed by atoms with Crippen LogP contribution in [-0.4, -0.2) is 25.1 Å². The molecule has 3 N–H and O–H groups in total. The SMILES string of the molecule is CN=Nc1c(C)cc2cc(S(=O)(=O)O)cc([NH-])c2c1O.[Ac]. The van der Waals surface area contributed by atoms with Gasteiger partial charge in [0.15, 0.2) is 0 Å². The van der Waals surface area contributed by atoms with Crippen LogP contribution in [0, 0.1) is 51.0 Å². The molecule has 2 rings (SSSR count). The van der Waals surface area contributed by atoms with E-state index in [1.54, 1.807) is 13.0 Å². The first-order valence-electron chi connectivity index (χ1n) is 5.55. The molecule has 0 atom stereocenters. The van der Waals surface area contributed by atoms with E-state index in [-0.39, 0.29) is 66.6 Å². The van der Waals surface area contributed by atoms with Gasteiger partial charge >= 0.3 is 0 Å². The zero-order valence-corrected chi connectivity index (χ0v) is 16.9. The first-order valence-corrected chi connectivity index (χ1v) is 6.99. The predicted molar refractivity (Wildman–Crippen MR) is 74.6 cm³/mol. The maximum absolute atomic E-state index is 11.1. The number of nitrogens with zero attached hydrogens (tertiary/aromatic N) is 2. The van der Waals surface area contributed by atoms with Crippen LogP contribution in [0.1, 0.15) is 5.56 Å². The van der Waals surface area contributed by atoms with E-state index in [2.05, 4.69) is 10.2 Å². The molecule has 0 aliphatic rings. The van der Waals surface area contributed by atoms with Gasteiger partial charge in [0.25, 0.3) is 10.1 Å². The van der Waals surface area contributed by atoms with Crippen LogP contribution in [0.5, 0.6) is 5.75 Å². The van der Waals surface area contributed by atoms with Crippen LogP contribution in [-0.2, 0) is 10.1 Å². The predicted octanol–water partition coefficient (Wildman–Crippen LogP) is 3.50. The molecule has 0 fully saturated rings. The van der Waals surface area contributed by atoms with Crippen LogP contribution in [0.25, 0.3) is 16.5 Å². The molecular formula is C12H12AcN3O4S-. The summed E-state index contributed by atoms with van der Waals surface area (Å²) in [4.78, 5) is -0.390. The van der Waals surface area contributed by atoms with E-state index in [9.17, 15) is 13.5 Å². The summed E-state index contributed by atoms with van der Waals surface area (Å²) in [6, 6.07) is 3.74. The molecule has 0 aromatic heterocycles. The summed E-state index contributed by atoms with van der Waals surface area (Å²) in [5.74, 6) is -0.238. The number of hydrogen-bond acceptors (Lipinski definition) is 5. The zero-order chi connectivity index (χ0) is 15.1. The Morgan fingerprint density at radius 3 is 2.38 bits per heavy atom. The van der Waals surface area contributed by atoms with Gasteiger partial charge in [-0.05, 0) is 30.0 Å². The average Bonchev–Trinajstić information content (AvgIpc) is 2.32. The molecule has 7 nitrogen and oxygen atoms in total. The van der Waals surface area contributed by atoms with Crippen LogP contribution >= 0.6 is 0 Å². The third-order valence-corrected chi connectivity index (χ3v) is 3.68. The monoisotopic (exact) mass is 521 g/mol. The van der Waals surface area contributed by atoms with E-state index in [0.717, 1.165) is 6.07 Å². The van der Waals surface area contributed by atoms with Gasteiger partial charge in [0.05, 0.1) is 4.90 Å². The molecule has 0 aliphatic heterocycles. The smallest absolute Gasteiger partial charge is 0.294 e. The van der Waals surface area contributed by atoms with Crippen molar-refractivity contribution >= 4 is 32.3 Å². The Morgan fingerprint density at radius 2 is 1.86 bits per heavy atom. The number of aromatic hydroxyl groups is 1. The van der Waals surface area contributed by atoms with Crippen LogP contribution in [0.4, 0.5) is 11.4 Å². The number of benzene rings is 2. The number of aryl methyl sites for hydroxylation is 1. The Hall–Kier alpha value is -0.748. The molecule has 0 spiro atoms. The molecular weight excluding hydrogens is 509 g/mol. The Bertz CT molecular complexity index is 834. The molecule has 0 unspecified atom stereocenters. The summed E-state index contributed by atoms with van der Waals surface area (Å²) in [5, 5.41) is 18.0. The van der Waals surface area contributed by atoms with Crippen molar-refractivity contribution in [1.82, 2.24) is 0 Å². The summed E-state index contributed by atoms with van der Waals surface area (Å²) in [6.45, 7) is 1.67. The minimum absolute atomic E-state index is 0. The number of fused-ring (bicyclic) bond motifs is 1. The summed E-state index contributed by atoms with van der Waals surface area (Å²) in [5.41, 5.74) is 8.40. The summed E-state index contributed by atoms with van der Waals surface area (Å²) >= 11 is 0. The first-order chi connectivity index (χ1) is 9.25. The largest absolute Gasteiger partial charge is 0.698 e. The van der Waals surface area contributed by atoms with Crippen molar-refractivity contribution in [3.63, 3.8) is 0 Å². The topological polar surface area (TPSA) is 123 Å². The van der Waals surface area contributed by atoms with E-state index in [0.29, 0.717) is 10.9 Å². The fourth-order valence-corrected chi connectivity index (χ4v) is 2.54. The van der Waals surface area contributed by atoms with E-state index in [1.807, 2.05) is 0 Å². The second kappa shape index (κ2) is 6.57. The molecule has 2 aromatic carbocycles. The third kappa shape index (κ3) is 3.54. The quantitative estimate of drug-likeness (QED) is 0.464. The molecule has 9 heteroatoms. The summed E-state index contributed by atoms with van der Waals surface area (Å²) in [7, 11) is -2.96. The molecule has 0 heterocycles. The van der Waals surface area contributed by atoms with Gasteiger partial charge in [0, 0.05) is 56.5 Å². The van der Waals surface area contributed by atoms with Crippen LogP contribution < -0.4 is 0 Å². The molecule has 1 radical (unpaired) electrons. The van der Waals surface area contributed by atoms with Gasteiger partial charge in [-0.15, -0.1) is 5.69 Å². The van der Waals surface area contributed by atoms with Crippen molar-refractivity contribution in [3.8, 4) is 5.75 Å². The minimum atomic E-state index is -4.41. The molecule has 109 valence electrons. The van der Waals surface area contributed by atoms with Crippen molar-refractivity contribution in [2.24, 2.45) is 10.2 Å². The molecule has 21 heavy (non-hydrogen) atoms. The number of phenolic OH excluding ortho intramolecular Hbond substituents is 1. The fraction of sp³-hybridized carbons (Fsp3) is 0.167. The Balaban J connectivity index is 0.00000220. The molecule has 0 saturated carbocycles. The Morgan fingerprint density at radius 1 is 1.24 bits per heavy atom. The number of rotatable bonds is 2. The minimum Gasteiger partial charge on any atom is -0.698 e. The fourth-order valence-electron chi connectivity index (χ4n) is 2.00. The van der Waals surface area contributed by atoms with Crippen LogP contribution in [0.15, 0.2) is 33.3 Å². The summed E-state index contributed by atoms with van der Waals surface area (Å²) in [6.07, 6.45) is 0. The number of hydrogen-bond donors (Lipinski definition) is 2. The standard InChI is InChI=1S/C12H12N3O4S.Ac/c1-6-3-7-4-8(20(17,18)19)5-9(13)10(7)12(16)11(6)15-14-2;/h3-5H,1-2H3,(H3-,13,14,16,17,18,19);/q-1;. The second-order valence-corrected chi connectivity index (χ2v) is 5.66.